The van der Waals surface area contributed by atoms with Crippen LogP contribution in [0, 0.1) is 6.92 Å². The highest BCUT2D eigenvalue weighted by atomic mass is 32.1. The fourth-order valence-electron chi connectivity index (χ4n) is 2.42. The standard InChI is InChI=1S/C16H29N3OS/c1-12-14(10-17-16(2,3)4)21-15(18-12)19(5)11-13-8-6-7-9-20-13/h13,17H,6-11H2,1-5H3. The zero-order chi connectivity index (χ0) is 15.5. The molecule has 1 atom stereocenters. The van der Waals surface area contributed by atoms with E-state index >= 15 is 0 Å². The molecule has 0 bridgehead atoms. The molecule has 5 heteroatoms. The summed E-state index contributed by atoms with van der Waals surface area (Å²) < 4.78 is 5.82. The summed E-state index contributed by atoms with van der Waals surface area (Å²) in [5.41, 5.74) is 1.28. The second kappa shape index (κ2) is 7.07. The van der Waals surface area contributed by atoms with E-state index in [2.05, 4.69) is 45.0 Å². The molecule has 1 fully saturated rings. The first-order chi connectivity index (χ1) is 9.85. The molecule has 0 aromatic carbocycles. The van der Waals surface area contributed by atoms with Crippen molar-refractivity contribution >= 4 is 16.5 Å². The van der Waals surface area contributed by atoms with Crippen molar-refractivity contribution in [2.45, 2.75) is 65.1 Å². The van der Waals surface area contributed by atoms with E-state index in [0.717, 1.165) is 30.5 Å². The van der Waals surface area contributed by atoms with Crippen LogP contribution in [0.15, 0.2) is 0 Å². The zero-order valence-corrected chi connectivity index (χ0v) is 14.8. The summed E-state index contributed by atoms with van der Waals surface area (Å²) in [4.78, 5) is 8.30. The van der Waals surface area contributed by atoms with Crippen LogP contribution in [0.2, 0.25) is 0 Å². The smallest absolute Gasteiger partial charge is 0.185 e. The SMILES string of the molecule is Cc1nc(N(C)CC2CCCCO2)sc1CNC(C)(C)C. The third kappa shape index (κ3) is 5.24. The molecule has 0 aliphatic carbocycles. The lowest BCUT2D eigenvalue weighted by Crippen LogP contribution is -2.35. The normalized spacial score (nSPS) is 19.8. The van der Waals surface area contributed by atoms with Crippen LogP contribution in [0.3, 0.4) is 0 Å². The Labute approximate surface area is 132 Å². The highest BCUT2D eigenvalue weighted by Gasteiger charge is 2.19. The van der Waals surface area contributed by atoms with E-state index < -0.39 is 0 Å². The number of nitrogens with zero attached hydrogens (tertiary/aromatic N) is 2. The van der Waals surface area contributed by atoms with Crippen molar-refractivity contribution in [3.8, 4) is 0 Å². The van der Waals surface area contributed by atoms with Crippen molar-refractivity contribution in [2.24, 2.45) is 0 Å². The van der Waals surface area contributed by atoms with Gasteiger partial charge in [-0.1, -0.05) is 0 Å². The molecule has 1 aromatic rings. The summed E-state index contributed by atoms with van der Waals surface area (Å²) in [5.74, 6) is 0. The first-order valence-corrected chi connectivity index (χ1v) is 8.71. The molecule has 0 spiro atoms. The lowest BCUT2D eigenvalue weighted by atomic mass is 10.1. The average molecular weight is 311 g/mol. The van der Waals surface area contributed by atoms with Crippen molar-refractivity contribution in [3.63, 3.8) is 0 Å². The zero-order valence-electron chi connectivity index (χ0n) is 14.0. The average Bonchev–Trinajstić information content (AvgIpc) is 2.78. The van der Waals surface area contributed by atoms with Crippen LogP contribution in [0.1, 0.15) is 50.6 Å². The van der Waals surface area contributed by atoms with Gasteiger partial charge in [-0.15, -0.1) is 11.3 Å². The number of nitrogens with one attached hydrogen (secondary N) is 1. The Morgan fingerprint density at radius 2 is 2.14 bits per heavy atom. The lowest BCUT2D eigenvalue weighted by molar-refractivity contribution is 0.0216. The van der Waals surface area contributed by atoms with Crippen molar-refractivity contribution in [2.75, 3.05) is 25.1 Å². The Morgan fingerprint density at radius 3 is 2.76 bits per heavy atom. The maximum atomic E-state index is 5.82. The maximum Gasteiger partial charge on any atom is 0.185 e. The molecule has 21 heavy (non-hydrogen) atoms. The molecule has 1 saturated heterocycles. The van der Waals surface area contributed by atoms with E-state index in [1.165, 1.54) is 24.1 Å². The van der Waals surface area contributed by atoms with Crippen LogP contribution in [0.5, 0.6) is 0 Å². The molecule has 1 N–H and O–H groups in total. The van der Waals surface area contributed by atoms with Gasteiger partial charge >= 0.3 is 0 Å². The van der Waals surface area contributed by atoms with Gasteiger partial charge in [-0.25, -0.2) is 4.98 Å². The minimum Gasteiger partial charge on any atom is -0.376 e. The van der Waals surface area contributed by atoms with Crippen LogP contribution >= 0.6 is 11.3 Å². The van der Waals surface area contributed by atoms with Crippen LogP contribution in [-0.4, -0.2) is 36.8 Å². The summed E-state index contributed by atoms with van der Waals surface area (Å²) >= 11 is 1.79. The molecule has 2 heterocycles. The summed E-state index contributed by atoms with van der Waals surface area (Å²) in [6.07, 6.45) is 4.03. The Kier molecular flexibility index (Phi) is 5.63. The maximum absolute atomic E-state index is 5.82. The number of hydrogen-bond acceptors (Lipinski definition) is 5. The Hall–Kier alpha value is -0.650. The quantitative estimate of drug-likeness (QED) is 0.905. The second-order valence-corrected chi connectivity index (χ2v) is 8.04. The Morgan fingerprint density at radius 1 is 1.38 bits per heavy atom. The molecule has 0 radical (unpaired) electrons. The van der Waals surface area contributed by atoms with E-state index in [4.69, 9.17) is 9.72 Å². The van der Waals surface area contributed by atoms with Gasteiger partial charge in [0.2, 0.25) is 0 Å². The van der Waals surface area contributed by atoms with Gasteiger partial charge in [-0.2, -0.15) is 0 Å². The monoisotopic (exact) mass is 311 g/mol. The number of anilines is 1. The predicted octanol–water partition coefficient (Wildman–Crippen LogP) is 3.34. The number of hydrogen-bond donors (Lipinski definition) is 1. The van der Waals surface area contributed by atoms with Crippen molar-refractivity contribution in [1.82, 2.24) is 10.3 Å². The van der Waals surface area contributed by atoms with Gasteiger partial charge in [0.1, 0.15) is 0 Å². The lowest BCUT2D eigenvalue weighted by Gasteiger charge is -2.27. The highest BCUT2D eigenvalue weighted by Crippen LogP contribution is 2.26. The third-order valence-corrected chi connectivity index (χ3v) is 5.01. The van der Waals surface area contributed by atoms with E-state index in [0.29, 0.717) is 6.10 Å². The molecule has 1 unspecified atom stereocenters. The number of rotatable bonds is 5. The van der Waals surface area contributed by atoms with Crippen LogP contribution < -0.4 is 10.2 Å². The van der Waals surface area contributed by atoms with Crippen molar-refractivity contribution < 1.29 is 4.74 Å². The largest absolute Gasteiger partial charge is 0.376 e. The number of aryl methyl sites for hydroxylation is 1. The predicted molar refractivity (Wildman–Crippen MR) is 90.3 cm³/mol. The van der Waals surface area contributed by atoms with Crippen molar-refractivity contribution in [3.05, 3.63) is 10.6 Å². The molecule has 2 rings (SSSR count). The van der Waals surface area contributed by atoms with Gasteiger partial charge in [0, 0.05) is 37.2 Å². The minimum atomic E-state index is 0.137. The Balaban J connectivity index is 1.93. The van der Waals surface area contributed by atoms with E-state index in [9.17, 15) is 0 Å². The van der Waals surface area contributed by atoms with E-state index in [1.54, 1.807) is 11.3 Å². The third-order valence-electron chi connectivity index (χ3n) is 3.74. The summed E-state index contributed by atoms with van der Waals surface area (Å²) in [5, 5.41) is 4.64. The molecular weight excluding hydrogens is 282 g/mol. The summed E-state index contributed by atoms with van der Waals surface area (Å²) in [6.45, 7) is 11.4. The first kappa shape index (κ1) is 16.7. The van der Waals surface area contributed by atoms with E-state index in [-0.39, 0.29) is 5.54 Å². The summed E-state index contributed by atoms with van der Waals surface area (Å²) in [7, 11) is 2.12. The van der Waals surface area contributed by atoms with Gasteiger partial charge in [0.25, 0.3) is 0 Å². The van der Waals surface area contributed by atoms with Crippen LogP contribution in [0.25, 0.3) is 0 Å². The van der Waals surface area contributed by atoms with Crippen LogP contribution in [0.4, 0.5) is 5.13 Å². The number of thiazole rings is 1. The topological polar surface area (TPSA) is 37.4 Å². The highest BCUT2D eigenvalue weighted by molar-refractivity contribution is 7.15. The van der Waals surface area contributed by atoms with Crippen LogP contribution in [-0.2, 0) is 11.3 Å². The molecule has 1 aromatic heterocycles. The summed E-state index contributed by atoms with van der Waals surface area (Å²) in [6, 6.07) is 0. The minimum absolute atomic E-state index is 0.137. The Bertz CT molecular complexity index is 447. The fraction of sp³-hybridized carbons (Fsp3) is 0.812. The molecule has 1 aliphatic heterocycles. The number of aromatic nitrogens is 1. The number of likely N-dealkylation sites (N-methyl/N-ethyl adjacent to an activating group) is 1. The van der Waals surface area contributed by atoms with E-state index in [1.807, 2.05) is 0 Å². The fourth-order valence-corrected chi connectivity index (χ4v) is 3.39. The first-order valence-electron chi connectivity index (χ1n) is 7.89. The molecule has 120 valence electrons. The molecule has 0 amide bonds. The molecule has 4 nitrogen and oxygen atoms in total. The van der Waals surface area contributed by atoms with Gasteiger partial charge in [-0.05, 0) is 47.0 Å². The molecule has 0 saturated carbocycles. The van der Waals surface area contributed by atoms with Gasteiger partial charge in [0.05, 0.1) is 11.8 Å². The van der Waals surface area contributed by atoms with Crippen molar-refractivity contribution in [1.29, 1.82) is 0 Å². The molecule has 1 aliphatic rings. The van der Waals surface area contributed by atoms with Gasteiger partial charge in [0.15, 0.2) is 5.13 Å². The second-order valence-electron chi connectivity index (χ2n) is 6.98. The molecular formula is C16H29N3OS. The number of ether oxygens (including phenoxy) is 1. The van der Waals surface area contributed by atoms with Gasteiger partial charge in [-0.3, -0.25) is 0 Å². The van der Waals surface area contributed by atoms with Gasteiger partial charge < -0.3 is 15.0 Å².